The van der Waals surface area contributed by atoms with Crippen LogP contribution in [0.25, 0.3) is 10.9 Å². The van der Waals surface area contributed by atoms with E-state index in [4.69, 9.17) is 14.6 Å². The van der Waals surface area contributed by atoms with Crippen molar-refractivity contribution in [3.63, 3.8) is 0 Å². The van der Waals surface area contributed by atoms with Crippen molar-refractivity contribution in [1.29, 1.82) is 0 Å². The molecule has 2 aromatic carbocycles. The highest BCUT2D eigenvalue weighted by atomic mass is 16.7. The van der Waals surface area contributed by atoms with Crippen LogP contribution in [0.15, 0.2) is 30.3 Å². The van der Waals surface area contributed by atoms with Gasteiger partial charge in [-0.3, -0.25) is 0 Å². The van der Waals surface area contributed by atoms with Crippen LogP contribution in [-0.2, 0) is 0 Å². The van der Waals surface area contributed by atoms with E-state index in [0.717, 1.165) is 27.6 Å². The van der Waals surface area contributed by atoms with Gasteiger partial charge in [0.15, 0.2) is 0 Å². The molecule has 0 bridgehead atoms. The number of H-pyrrole nitrogens is 1. The van der Waals surface area contributed by atoms with Crippen molar-refractivity contribution in [3.8, 4) is 23.1 Å². The van der Waals surface area contributed by atoms with E-state index in [0.29, 0.717) is 11.5 Å². The summed E-state index contributed by atoms with van der Waals surface area (Å²) in [6, 6.07) is 8.71. The Balaban J connectivity index is 2.02. The highest BCUT2D eigenvalue weighted by Crippen LogP contribution is 2.37. The predicted molar refractivity (Wildman–Crippen MR) is 98.7 cm³/mol. The summed E-state index contributed by atoms with van der Waals surface area (Å²) < 4.78 is 10.8. The minimum atomic E-state index is -1.37. The molecule has 1 aromatic heterocycles. The zero-order chi connectivity index (χ0) is 19.0. The maximum Gasteiger partial charge on any atom is 0.512 e. The third-order valence-corrected chi connectivity index (χ3v) is 4.33. The van der Waals surface area contributed by atoms with Crippen LogP contribution in [0.2, 0.25) is 0 Å². The molecule has 0 spiro atoms. The van der Waals surface area contributed by atoms with Gasteiger partial charge in [-0.15, -0.1) is 0 Å². The van der Waals surface area contributed by atoms with Crippen molar-refractivity contribution in [3.05, 3.63) is 47.0 Å². The average Bonchev–Trinajstić information content (AvgIpc) is 2.94. The van der Waals surface area contributed by atoms with Crippen molar-refractivity contribution < 1.29 is 24.5 Å². The molecule has 6 nitrogen and oxygen atoms in total. The van der Waals surface area contributed by atoms with Crippen LogP contribution >= 0.6 is 0 Å². The van der Waals surface area contributed by atoms with Gasteiger partial charge in [-0.1, -0.05) is 13.8 Å². The summed E-state index contributed by atoms with van der Waals surface area (Å²) >= 11 is 0. The number of rotatable bonds is 4. The smallest absolute Gasteiger partial charge is 0.508 e. The second-order valence-corrected chi connectivity index (χ2v) is 6.59. The Morgan fingerprint density at radius 3 is 2.54 bits per heavy atom. The zero-order valence-corrected chi connectivity index (χ0v) is 15.1. The Labute approximate surface area is 151 Å². The molecular weight excluding hydrogens is 334 g/mol. The number of phenols is 1. The maximum atomic E-state index is 10.7. The fourth-order valence-electron chi connectivity index (χ4n) is 3.05. The number of aryl methyl sites for hydroxylation is 2. The zero-order valence-electron chi connectivity index (χ0n) is 15.1. The lowest BCUT2D eigenvalue weighted by atomic mass is 10.0. The van der Waals surface area contributed by atoms with Gasteiger partial charge in [0, 0.05) is 28.1 Å². The Bertz CT molecular complexity index is 988. The number of ether oxygens (including phenoxy) is 2. The summed E-state index contributed by atoms with van der Waals surface area (Å²) in [5.74, 6) is 1.91. The number of benzene rings is 2. The molecule has 0 aliphatic heterocycles. The first-order chi connectivity index (χ1) is 12.3. The van der Waals surface area contributed by atoms with Crippen molar-refractivity contribution >= 4 is 17.1 Å². The van der Waals surface area contributed by atoms with Gasteiger partial charge < -0.3 is 24.7 Å². The average molecular weight is 355 g/mol. The second kappa shape index (κ2) is 6.63. The van der Waals surface area contributed by atoms with Gasteiger partial charge in [0.05, 0.1) is 0 Å². The SMILES string of the molecule is Cc1cc2[nH]c(OC(=O)O)cc2c(C)c1Oc1ccc(O)c(C(C)C)c1. The van der Waals surface area contributed by atoms with Gasteiger partial charge in [0.1, 0.15) is 17.2 Å². The molecule has 0 aliphatic carbocycles. The van der Waals surface area contributed by atoms with Crippen LogP contribution in [0, 0.1) is 13.8 Å². The minimum Gasteiger partial charge on any atom is -0.508 e. The van der Waals surface area contributed by atoms with Gasteiger partial charge in [-0.05, 0) is 49.6 Å². The summed E-state index contributed by atoms with van der Waals surface area (Å²) in [6.45, 7) is 7.84. The number of carbonyl (C=O) groups is 1. The van der Waals surface area contributed by atoms with Gasteiger partial charge in [-0.2, -0.15) is 0 Å². The van der Waals surface area contributed by atoms with Gasteiger partial charge in [0.25, 0.3) is 0 Å². The molecule has 0 unspecified atom stereocenters. The van der Waals surface area contributed by atoms with Crippen molar-refractivity contribution in [1.82, 2.24) is 4.98 Å². The highest BCUT2D eigenvalue weighted by Gasteiger charge is 2.15. The number of phenolic OH excluding ortho intramolecular Hbond substituents is 1. The van der Waals surface area contributed by atoms with E-state index in [1.54, 1.807) is 18.2 Å². The molecule has 136 valence electrons. The van der Waals surface area contributed by atoms with E-state index >= 15 is 0 Å². The Hall–Kier alpha value is -3.15. The fourth-order valence-corrected chi connectivity index (χ4v) is 3.05. The minimum absolute atomic E-state index is 0.166. The number of aromatic hydroxyl groups is 1. The number of aromatic nitrogens is 1. The van der Waals surface area contributed by atoms with Gasteiger partial charge in [-0.25, -0.2) is 4.79 Å². The number of hydrogen-bond acceptors (Lipinski definition) is 4. The van der Waals surface area contributed by atoms with Gasteiger partial charge in [0.2, 0.25) is 5.88 Å². The first-order valence-electron chi connectivity index (χ1n) is 8.30. The monoisotopic (exact) mass is 355 g/mol. The second-order valence-electron chi connectivity index (χ2n) is 6.59. The lowest BCUT2D eigenvalue weighted by Gasteiger charge is -2.15. The van der Waals surface area contributed by atoms with Crippen LogP contribution < -0.4 is 9.47 Å². The molecule has 0 fully saturated rings. The quantitative estimate of drug-likeness (QED) is 0.540. The molecule has 0 amide bonds. The maximum absolute atomic E-state index is 10.7. The first kappa shape index (κ1) is 17.7. The summed E-state index contributed by atoms with van der Waals surface area (Å²) in [5.41, 5.74) is 3.36. The fraction of sp³-hybridized carbons (Fsp3) is 0.250. The van der Waals surface area contributed by atoms with Crippen LogP contribution in [0.5, 0.6) is 23.1 Å². The molecule has 0 aliphatic rings. The van der Waals surface area contributed by atoms with Crippen LogP contribution in [-0.4, -0.2) is 21.4 Å². The largest absolute Gasteiger partial charge is 0.512 e. The van der Waals surface area contributed by atoms with Crippen LogP contribution in [0.3, 0.4) is 0 Å². The molecular formula is C20H21NO5. The van der Waals surface area contributed by atoms with E-state index in [9.17, 15) is 9.90 Å². The summed E-state index contributed by atoms with van der Waals surface area (Å²) in [6.07, 6.45) is -1.37. The van der Waals surface area contributed by atoms with Crippen molar-refractivity contribution in [2.24, 2.45) is 0 Å². The standard InChI is InChI=1S/C20H21NO5/c1-10(2)14-8-13(5-6-17(14)22)25-19-11(3)7-16-15(12(19)4)9-18(21-16)26-20(23)24/h5-10,21-22H,1-4H3,(H,23,24). The number of aromatic amines is 1. The topological polar surface area (TPSA) is 91.8 Å². The molecule has 26 heavy (non-hydrogen) atoms. The molecule has 3 rings (SSSR count). The van der Waals surface area contributed by atoms with E-state index in [2.05, 4.69) is 4.98 Å². The third-order valence-electron chi connectivity index (χ3n) is 4.33. The van der Waals surface area contributed by atoms with Crippen LogP contribution in [0.4, 0.5) is 4.79 Å². The Kier molecular flexibility index (Phi) is 4.50. The molecule has 1 heterocycles. The van der Waals surface area contributed by atoms with E-state index in [1.807, 2.05) is 39.8 Å². The first-order valence-corrected chi connectivity index (χ1v) is 8.30. The number of hydrogen-bond donors (Lipinski definition) is 3. The number of nitrogens with one attached hydrogen (secondary N) is 1. The Morgan fingerprint density at radius 2 is 1.88 bits per heavy atom. The van der Waals surface area contributed by atoms with Crippen molar-refractivity contribution in [2.75, 3.05) is 0 Å². The molecule has 3 aromatic rings. The normalized spacial score (nSPS) is 11.1. The number of carboxylic acid groups (broad SMARTS) is 1. The van der Waals surface area contributed by atoms with E-state index < -0.39 is 6.16 Å². The highest BCUT2D eigenvalue weighted by molar-refractivity contribution is 5.88. The van der Waals surface area contributed by atoms with E-state index in [1.165, 1.54) is 0 Å². The predicted octanol–water partition coefficient (Wildman–Crippen LogP) is 5.46. The molecule has 0 saturated carbocycles. The summed E-state index contributed by atoms with van der Waals surface area (Å²) in [5, 5.41) is 19.6. The van der Waals surface area contributed by atoms with E-state index in [-0.39, 0.29) is 17.5 Å². The summed E-state index contributed by atoms with van der Waals surface area (Å²) in [4.78, 5) is 13.7. The molecule has 6 heteroatoms. The molecule has 3 N–H and O–H groups in total. The third kappa shape index (κ3) is 3.31. The lowest BCUT2D eigenvalue weighted by Crippen LogP contribution is -2.02. The number of fused-ring (bicyclic) bond motifs is 1. The van der Waals surface area contributed by atoms with Gasteiger partial charge >= 0.3 is 6.16 Å². The van der Waals surface area contributed by atoms with Crippen molar-refractivity contribution in [2.45, 2.75) is 33.6 Å². The molecule has 0 atom stereocenters. The molecule has 0 radical (unpaired) electrons. The molecule has 0 saturated heterocycles. The Morgan fingerprint density at radius 1 is 1.15 bits per heavy atom. The van der Waals surface area contributed by atoms with Crippen LogP contribution in [0.1, 0.15) is 36.5 Å². The lowest BCUT2D eigenvalue weighted by molar-refractivity contribution is 0.143. The summed E-state index contributed by atoms with van der Waals surface area (Å²) in [7, 11) is 0.